The van der Waals surface area contributed by atoms with Crippen LogP contribution in [0.1, 0.15) is 16.7 Å². The number of nitrogens with zero attached hydrogens (tertiary/aromatic N) is 1. The normalized spacial score (nSPS) is 12.5. The van der Waals surface area contributed by atoms with Gasteiger partial charge in [-0.25, -0.2) is 8.42 Å². The van der Waals surface area contributed by atoms with Crippen molar-refractivity contribution in [3.8, 4) is 0 Å². The van der Waals surface area contributed by atoms with Gasteiger partial charge in [-0.1, -0.05) is 41.9 Å². The van der Waals surface area contributed by atoms with Crippen LogP contribution >= 0.6 is 11.6 Å². The first-order valence-corrected chi connectivity index (χ1v) is 12.4. The summed E-state index contributed by atoms with van der Waals surface area (Å²) < 4.78 is 106. The summed E-state index contributed by atoms with van der Waals surface area (Å²) in [6.07, 6.45) is -10.0. The highest BCUT2D eigenvalue weighted by Crippen LogP contribution is 2.37. The molecule has 0 saturated carbocycles. The quantitative estimate of drug-likeness (QED) is 0.329. The van der Waals surface area contributed by atoms with Crippen molar-refractivity contribution >= 4 is 33.2 Å². The lowest BCUT2D eigenvalue weighted by Crippen LogP contribution is -2.39. The Labute approximate surface area is 213 Å². The van der Waals surface area contributed by atoms with Gasteiger partial charge in [0.15, 0.2) is 0 Å². The highest BCUT2D eigenvalue weighted by atomic mass is 35.5. The topological polar surface area (TPSA) is 66.5 Å². The fraction of sp³-hybridized carbons (Fsp3) is 0.208. The van der Waals surface area contributed by atoms with E-state index in [0.29, 0.717) is 12.1 Å². The summed E-state index contributed by atoms with van der Waals surface area (Å²) in [5, 5.41) is 2.22. The van der Waals surface area contributed by atoms with Gasteiger partial charge in [0.1, 0.15) is 0 Å². The van der Waals surface area contributed by atoms with E-state index < -0.39 is 51.6 Å². The Hall–Kier alpha value is -3.09. The first kappa shape index (κ1) is 28.5. The second-order valence-electron chi connectivity index (χ2n) is 7.87. The van der Waals surface area contributed by atoms with Crippen LogP contribution in [0.25, 0.3) is 0 Å². The Bertz CT molecular complexity index is 1310. The monoisotopic (exact) mass is 564 g/mol. The average Bonchev–Trinajstić information content (AvgIpc) is 2.81. The summed E-state index contributed by atoms with van der Waals surface area (Å²) in [4.78, 5) is 12.5. The van der Waals surface area contributed by atoms with Crippen molar-refractivity contribution in [1.29, 1.82) is 0 Å². The third-order valence-corrected chi connectivity index (χ3v) is 7.25. The zero-order valence-corrected chi connectivity index (χ0v) is 20.3. The maximum atomic E-state index is 13.2. The highest BCUT2D eigenvalue weighted by molar-refractivity contribution is 7.89. The third-order valence-electron chi connectivity index (χ3n) is 5.14. The molecule has 1 N–H and O–H groups in total. The Balaban J connectivity index is 1.89. The molecule has 1 amide bonds. The van der Waals surface area contributed by atoms with E-state index in [9.17, 15) is 39.6 Å². The van der Waals surface area contributed by atoms with Gasteiger partial charge in [-0.05, 0) is 54.4 Å². The fourth-order valence-electron chi connectivity index (χ4n) is 3.33. The number of halogens is 7. The predicted molar refractivity (Wildman–Crippen MR) is 125 cm³/mol. The summed E-state index contributed by atoms with van der Waals surface area (Å²) in [6.45, 7) is -1.06. The molecule has 0 saturated heterocycles. The van der Waals surface area contributed by atoms with Gasteiger partial charge >= 0.3 is 12.4 Å². The SMILES string of the molecule is O=C(CN(CCc1ccccc1)S(=O)(=O)c1ccc(Cl)cc1)Nc1cc(C(F)(F)F)cc(C(F)(F)F)c1. The zero-order valence-electron chi connectivity index (χ0n) is 18.8. The summed E-state index contributed by atoms with van der Waals surface area (Å²) in [5.41, 5.74) is -3.27. The van der Waals surface area contributed by atoms with Crippen LogP contribution in [0.5, 0.6) is 0 Å². The molecule has 0 aromatic heterocycles. The van der Waals surface area contributed by atoms with E-state index in [2.05, 4.69) is 0 Å². The molecule has 0 bridgehead atoms. The molecule has 3 aromatic rings. The number of sulfonamides is 1. The summed E-state index contributed by atoms with van der Waals surface area (Å²) in [6, 6.07) is 14.4. The number of anilines is 1. The molecule has 0 atom stereocenters. The molecular formula is C24H19ClF6N2O3S. The highest BCUT2D eigenvalue weighted by Gasteiger charge is 2.37. The van der Waals surface area contributed by atoms with Crippen molar-refractivity contribution in [3.63, 3.8) is 0 Å². The van der Waals surface area contributed by atoms with Crippen LogP contribution < -0.4 is 5.32 Å². The number of carbonyl (C=O) groups is 1. The van der Waals surface area contributed by atoms with Gasteiger partial charge in [0.25, 0.3) is 0 Å². The second-order valence-corrected chi connectivity index (χ2v) is 10.2. The molecule has 0 aliphatic rings. The van der Waals surface area contributed by atoms with Crippen molar-refractivity contribution in [1.82, 2.24) is 4.31 Å². The van der Waals surface area contributed by atoms with Crippen molar-refractivity contribution in [2.45, 2.75) is 23.7 Å². The predicted octanol–water partition coefficient (Wildman–Crippen LogP) is 6.25. The van der Waals surface area contributed by atoms with E-state index >= 15 is 0 Å². The van der Waals surface area contributed by atoms with E-state index in [1.165, 1.54) is 24.3 Å². The van der Waals surface area contributed by atoms with Gasteiger partial charge < -0.3 is 5.32 Å². The van der Waals surface area contributed by atoms with Gasteiger partial charge in [-0.15, -0.1) is 0 Å². The van der Waals surface area contributed by atoms with Crippen molar-refractivity contribution in [3.05, 3.63) is 94.5 Å². The third kappa shape index (κ3) is 7.70. The number of benzene rings is 3. The van der Waals surface area contributed by atoms with Gasteiger partial charge in [-0.2, -0.15) is 30.6 Å². The van der Waals surface area contributed by atoms with Crippen LogP contribution in [-0.2, 0) is 33.6 Å². The van der Waals surface area contributed by atoms with Gasteiger partial charge in [-0.3, -0.25) is 4.79 Å². The molecule has 0 heterocycles. The number of amides is 1. The number of hydrogen-bond donors (Lipinski definition) is 1. The number of carbonyl (C=O) groups excluding carboxylic acids is 1. The maximum absolute atomic E-state index is 13.2. The molecule has 0 spiro atoms. The molecule has 0 aliphatic heterocycles. The molecule has 5 nitrogen and oxygen atoms in total. The lowest BCUT2D eigenvalue weighted by Gasteiger charge is -2.22. The summed E-state index contributed by atoms with van der Waals surface area (Å²) in [7, 11) is -4.28. The van der Waals surface area contributed by atoms with Gasteiger partial charge in [0, 0.05) is 17.3 Å². The van der Waals surface area contributed by atoms with Gasteiger partial charge in [0.05, 0.1) is 22.6 Å². The number of alkyl halides is 6. The molecule has 0 radical (unpaired) electrons. The van der Waals surface area contributed by atoms with E-state index in [4.69, 9.17) is 11.6 Å². The smallest absolute Gasteiger partial charge is 0.325 e. The van der Waals surface area contributed by atoms with Crippen molar-refractivity contribution < 1.29 is 39.6 Å². The number of nitrogens with one attached hydrogen (secondary N) is 1. The standard InChI is InChI=1S/C24H19ClF6N2O3S/c25-19-6-8-21(9-7-19)37(35,36)33(11-10-16-4-2-1-3-5-16)15-22(34)32-20-13-17(23(26,27)28)12-18(14-20)24(29,30)31/h1-9,12-14H,10-11,15H2,(H,32,34). The van der Waals surface area contributed by atoms with Crippen LogP contribution in [0, 0.1) is 0 Å². The molecular weight excluding hydrogens is 546 g/mol. The summed E-state index contributed by atoms with van der Waals surface area (Å²) in [5.74, 6) is -1.13. The molecule has 3 aromatic carbocycles. The largest absolute Gasteiger partial charge is 0.416 e. The number of hydrogen-bond acceptors (Lipinski definition) is 3. The fourth-order valence-corrected chi connectivity index (χ4v) is 4.85. The number of rotatable bonds is 8. The Morgan fingerprint density at radius 1 is 0.838 bits per heavy atom. The molecule has 37 heavy (non-hydrogen) atoms. The van der Waals surface area contributed by atoms with Crippen molar-refractivity contribution in [2.75, 3.05) is 18.4 Å². The van der Waals surface area contributed by atoms with Crippen LogP contribution in [0.3, 0.4) is 0 Å². The average molecular weight is 565 g/mol. The minimum Gasteiger partial charge on any atom is -0.325 e. The molecule has 198 valence electrons. The van der Waals surface area contributed by atoms with E-state index in [-0.39, 0.29) is 29.0 Å². The molecule has 13 heteroatoms. The van der Waals surface area contributed by atoms with Crippen LogP contribution in [0.15, 0.2) is 77.7 Å². The molecule has 0 aliphatic carbocycles. The van der Waals surface area contributed by atoms with Crippen LogP contribution in [-0.4, -0.2) is 31.7 Å². The second kappa shape index (κ2) is 11.1. The van der Waals surface area contributed by atoms with E-state index in [1.54, 1.807) is 30.3 Å². The lowest BCUT2D eigenvalue weighted by atomic mass is 10.1. The first-order chi connectivity index (χ1) is 17.2. The molecule has 3 rings (SSSR count). The van der Waals surface area contributed by atoms with Gasteiger partial charge in [0.2, 0.25) is 15.9 Å². The summed E-state index contributed by atoms with van der Waals surface area (Å²) >= 11 is 5.81. The molecule has 0 fully saturated rings. The Morgan fingerprint density at radius 2 is 1.38 bits per heavy atom. The Kier molecular flexibility index (Phi) is 8.56. The molecule has 0 unspecified atom stereocenters. The Morgan fingerprint density at radius 3 is 1.89 bits per heavy atom. The lowest BCUT2D eigenvalue weighted by molar-refractivity contribution is -0.143. The van der Waals surface area contributed by atoms with Crippen LogP contribution in [0.2, 0.25) is 5.02 Å². The maximum Gasteiger partial charge on any atom is 0.416 e. The minimum atomic E-state index is -5.11. The minimum absolute atomic E-state index is 0.0766. The zero-order chi connectivity index (χ0) is 27.4. The van der Waals surface area contributed by atoms with E-state index in [0.717, 1.165) is 9.87 Å². The van der Waals surface area contributed by atoms with E-state index in [1.807, 2.05) is 5.32 Å². The first-order valence-electron chi connectivity index (χ1n) is 10.6. The van der Waals surface area contributed by atoms with Crippen LogP contribution in [0.4, 0.5) is 32.0 Å². The van der Waals surface area contributed by atoms with Crippen molar-refractivity contribution in [2.24, 2.45) is 0 Å².